The predicted octanol–water partition coefficient (Wildman–Crippen LogP) is 2.01. The van der Waals surface area contributed by atoms with Crippen LogP contribution in [0.25, 0.3) is 11.0 Å². The van der Waals surface area contributed by atoms with Crippen molar-refractivity contribution in [3.05, 3.63) is 24.0 Å². The Morgan fingerprint density at radius 3 is 3.05 bits per heavy atom. The van der Waals surface area contributed by atoms with Crippen LogP contribution in [0.4, 0.5) is 0 Å². The molecule has 1 aliphatic heterocycles. The summed E-state index contributed by atoms with van der Waals surface area (Å²) in [4.78, 5) is 17.4. The third kappa shape index (κ3) is 2.31. The van der Waals surface area contributed by atoms with Gasteiger partial charge in [-0.25, -0.2) is 4.98 Å². The number of ether oxygens (including phenoxy) is 1. The van der Waals surface area contributed by atoms with Crippen LogP contribution in [-0.2, 0) is 7.05 Å². The minimum atomic E-state index is -0.00143. The van der Waals surface area contributed by atoms with Crippen molar-refractivity contribution in [2.75, 3.05) is 20.2 Å². The molecule has 3 heterocycles. The second-order valence-electron chi connectivity index (χ2n) is 5.81. The van der Waals surface area contributed by atoms with Crippen molar-refractivity contribution in [3.63, 3.8) is 0 Å². The average molecular weight is 287 g/mol. The predicted molar refractivity (Wildman–Crippen MR) is 81.7 cm³/mol. The zero-order valence-electron chi connectivity index (χ0n) is 12.7. The lowest BCUT2D eigenvalue weighted by atomic mass is 9.82. The smallest absolute Gasteiger partial charge is 0.172 e. The van der Waals surface area contributed by atoms with Gasteiger partial charge in [0.1, 0.15) is 11.4 Å². The van der Waals surface area contributed by atoms with E-state index in [1.165, 1.54) is 0 Å². The fourth-order valence-corrected chi connectivity index (χ4v) is 3.13. The highest BCUT2D eigenvalue weighted by Crippen LogP contribution is 2.32. The Bertz CT molecular complexity index is 677. The summed E-state index contributed by atoms with van der Waals surface area (Å²) in [7, 11) is 3.52. The van der Waals surface area contributed by atoms with Crippen LogP contribution in [0, 0.1) is 11.8 Å². The minimum absolute atomic E-state index is 0.00143. The van der Waals surface area contributed by atoms with Gasteiger partial charge in [0.25, 0.3) is 0 Å². The van der Waals surface area contributed by atoms with Crippen molar-refractivity contribution >= 4 is 16.8 Å². The molecule has 2 aromatic heterocycles. The van der Waals surface area contributed by atoms with Gasteiger partial charge in [-0.2, -0.15) is 0 Å². The number of ketones is 1. The first-order valence-electron chi connectivity index (χ1n) is 7.36. The fourth-order valence-electron chi connectivity index (χ4n) is 3.13. The van der Waals surface area contributed by atoms with Gasteiger partial charge in [0, 0.05) is 31.1 Å². The van der Waals surface area contributed by atoms with E-state index in [0.29, 0.717) is 17.2 Å². The van der Waals surface area contributed by atoms with Crippen molar-refractivity contribution < 1.29 is 9.53 Å². The Kier molecular flexibility index (Phi) is 3.68. The zero-order valence-corrected chi connectivity index (χ0v) is 12.7. The van der Waals surface area contributed by atoms with Crippen LogP contribution in [0.3, 0.4) is 0 Å². The lowest BCUT2D eigenvalue weighted by Crippen LogP contribution is -2.39. The van der Waals surface area contributed by atoms with Crippen LogP contribution in [-0.4, -0.2) is 35.5 Å². The number of nitrogens with zero attached hydrogens (tertiary/aromatic N) is 2. The summed E-state index contributed by atoms with van der Waals surface area (Å²) in [5.41, 5.74) is 1.49. The highest BCUT2D eigenvalue weighted by atomic mass is 16.5. The molecule has 0 amide bonds. The maximum absolute atomic E-state index is 13.1. The van der Waals surface area contributed by atoms with E-state index in [-0.39, 0.29) is 11.7 Å². The molecule has 1 N–H and O–H groups in total. The molecule has 2 atom stereocenters. The first-order valence-corrected chi connectivity index (χ1v) is 7.36. The summed E-state index contributed by atoms with van der Waals surface area (Å²) in [5.74, 6) is 1.11. The molecule has 5 nitrogen and oxygen atoms in total. The van der Waals surface area contributed by atoms with E-state index in [1.54, 1.807) is 13.3 Å². The molecule has 21 heavy (non-hydrogen) atoms. The number of methoxy groups -OCH3 is 1. The van der Waals surface area contributed by atoms with Gasteiger partial charge in [0.05, 0.1) is 18.9 Å². The number of carbonyl (C=O) groups is 1. The molecule has 0 aliphatic carbocycles. The molecule has 1 aliphatic rings. The van der Waals surface area contributed by atoms with Crippen molar-refractivity contribution in [2.45, 2.75) is 13.3 Å². The van der Waals surface area contributed by atoms with Gasteiger partial charge >= 0.3 is 0 Å². The van der Waals surface area contributed by atoms with Crippen LogP contribution < -0.4 is 10.1 Å². The number of nitrogens with one attached hydrogen (secondary N) is 1. The van der Waals surface area contributed by atoms with E-state index in [0.717, 1.165) is 30.5 Å². The first-order chi connectivity index (χ1) is 10.1. The largest absolute Gasteiger partial charge is 0.494 e. The fraction of sp³-hybridized carbons (Fsp3) is 0.500. The van der Waals surface area contributed by atoms with E-state index in [2.05, 4.69) is 17.2 Å². The van der Waals surface area contributed by atoms with Gasteiger partial charge in [-0.15, -0.1) is 0 Å². The van der Waals surface area contributed by atoms with Crippen molar-refractivity contribution in [1.82, 2.24) is 14.9 Å². The average Bonchev–Trinajstić information content (AvgIpc) is 2.87. The molecule has 0 unspecified atom stereocenters. The minimum Gasteiger partial charge on any atom is -0.494 e. The number of carbonyl (C=O) groups excluding carboxylic acids is 1. The number of rotatable bonds is 3. The number of aryl methyl sites for hydroxylation is 1. The monoisotopic (exact) mass is 287 g/mol. The van der Waals surface area contributed by atoms with Gasteiger partial charge in [0.15, 0.2) is 5.78 Å². The van der Waals surface area contributed by atoms with Crippen LogP contribution in [0.15, 0.2) is 18.5 Å². The number of hydrogen-bond acceptors (Lipinski definition) is 4. The van der Waals surface area contributed by atoms with Crippen LogP contribution in [0.5, 0.6) is 5.75 Å². The molecule has 0 spiro atoms. The molecule has 5 heteroatoms. The molecular formula is C16H21N3O2. The summed E-state index contributed by atoms with van der Waals surface area (Å²) in [6.45, 7) is 3.87. The standard InChI is InChI=1S/C16H21N3O2/c1-10-4-6-17-8-12(10)15(20)14-11-5-7-19(2)16(11)18-9-13(14)21-3/h5,7,9-10,12,17H,4,6,8H2,1-3H3/t10-,12+/m0/s1. The van der Waals surface area contributed by atoms with Crippen molar-refractivity contribution in [3.8, 4) is 5.75 Å². The summed E-state index contributed by atoms with van der Waals surface area (Å²) in [6.07, 6.45) is 4.61. The second kappa shape index (κ2) is 5.48. The van der Waals surface area contributed by atoms with Gasteiger partial charge in [-0.05, 0) is 24.9 Å². The lowest BCUT2D eigenvalue weighted by molar-refractivity contribution is 0.0851. The summed E-state index contributed by atoms with van der Waals surface area (Å²) >= 11 is 0. The summed E-state index contributed by atoms with van der Waals surface area (Å²) in [6, 6.07) is 1.94. The van der Waals surface area contributed by atoms with Crippen molar-refractivity contribution in [2.24, 2.45) is 18.9 Å². The Balaban J connectivity index is 2.11. The third-order valence-corrected chi connectivity index (χ3v) is 4.49. The quantitative estimate of drug-likeness (QED) is 0.877. The molecule has 0 radical (unpaired) electrons. The van der Waals surface area contributed by atoms with Crippen molar-refractivity contribution in [1.29, 1.82) is 0 Å². The zero-order chi connectivity index (χ0) is 15.0. The van der Waals surface area contributed by atoms with Gasteiger partial charge in [0.2, 0.25) is 0 Å². The van der Waals surface area contributed by atoms with E-state index < -0.39 is 0 Å². The number of pyridine rings is 1. The number of Topliss-reactive ketones (excluding diaryl/α,β-unsaturated/α-hetero) is 1. The Morgan fingerprint density at radius 1 is 1.52 bits per heavy atom. The van der Waals surface area contributed by atoms with Crippen LogP contribution >= 0.6 is 0 Å². The molecule has 0 saturated carbocycles. The molecule has 1 fully saturated rings. The number of piperidine rings is 1. The topological polar surface area (TPSA) is 56.2 Å². The molecule has 3 rings (SSSR count). The normalized spacial score (nSPS) is 22.4. The molecule has 2 aromatic rings. The van der Waals surface area contributed by atoms with Crippen LogP contribution in [0.1, 0.15) is 23.7 Å². The van der Waals surface area contributed by atoms with Gasteiger partial charge in [-0.3, -0.25) is 4.79 Å². The highest BCUT2D eigenvalue weighted by Gasteiger charge is 2.31. The first kappa shape index (κ1) is 14.1. The lowest BCUT2D eigenvalue weighted by Gasteiger charge is -2.28. The maximum Gasteiger partial charge on any atom is 0.172 e. The maximum atomic E-state index is 13.1. The number of aromatic nitrogens is 2. The number of fused-ring (bicyclic) bond motifs is 1. The Labute approximate surface area is 124 Å². The second-order valence-corrected chi connectivity index (χ2v) is 5.81. The molecule has 0 aromatic carbocycles. The Hall–Kier alpha value is -1.88. The SMILES string of the molecule is COc1cnc2c(ccn2C)c1C(=O)[C@@H]1CNCC[C@@H]1C. The van der Waals surface area contributed by atoms with E-state index >= 15 is 0 Å². The Morgan fingerprint density at radius 2 is 2.33 bits per heavy atom. The van der Waals surface area contributed by atoms with Gasteiger partial charge < -0.3 is 14.6 Å². The van der Waals surface area contributed by atoms with E-state index in [1.807, 2.05) is 23.9 Å². The number of hydrogen-bond donors (Lipinski definition) is 1. The summed E-state index contributed by atoms with van der Waals surface area (Å²) in [5, 5.41) is 4.20. The molecule has 1 saturated heterocycles. The van der Waals surface area contributed by atoms with E-state index in [9.17, 15) is 4.79 Å². The highest BCUT2D eigenvalue weighted by molar-refractivity contribution is 6.10. The third-order valence-electron chi connectivity index (χ3n) is 4.49. The van der Waals surface area contributed by atoms with Gasteiger partial charge in [-0.1, -0.05) is 6.92 Å². The molecule has 0 bridgehead atoms. The molecular weight excluding hydrogens is 266 g/mol. The summed E-state index contributed by atoms with van der Waals surface area (Å²) < 4.78 is 7.32. The molecule has 112 valence electrons. The van der Waals surface area contributed by atoms with E-state index in [4.69, 9.17) is 4.74 Å². The van der Waals surface area contributed by atoms with Crippen LogP contribution in [0.2, 0.25) is 0 Å².